The fourth-order valence-corrected chi connectivity index (χ4v) is 1.10. The zero-order valence-corrected chi connectivity index (χ0v) is 10.5. The molecule has 0 spiro atoms. The highest BCUT2D eigenvalue weighted by Gasteiger charge is 2.35. The molecule has 0 atom stereocenters. The average Bonchev–Trinajstić information content (AvgIpc) is 2.17. The Hall–Kier alpha value is -0.795. The van der Waals surface area contributed by atoms with Crippen LogP contribution in [0.15, 0.2) is 30.3 Å². The number of aliphatic hydroxyl groups is 1. The Morgan fingerprint density at radius 1 is 1.12 bits per heavy atom. The van der Waals surface area contributed by atoms with Crippen LogP contribution in [-0.4, -0.2) is 23.8 Å². The van der Waals surface area contributed by atoms with Crippen molar-refractivity contribution in [2.24, 2.45) is 0 Å². The van der Waals surface area contributed by atoms with E-state index in [2.05, 4.69) is 12.1 Å². The van der Waals surface area contributed by atoms with Crippen molar-refractivity contribution in [3.05, 3.63) is 35.9 Å². The summed E-state index contributed by atoms with van der Waals surface area (Å²) >= 11 is 0. The molecule has 0 heterocycles. The van der Waals surface area contributed by atoms with E-state index in [0.29, 0.717) is 0 Å². The Kier molecular flexibility index (Phi) is 4.17. The summed E-state index contributed by atoms with van der Waals surface area (Å²) in [5.41, 5.74) is -0.240. The zero-order chi connectivity index (χ0) is 12.2. The molecule has 1 radical (unpaired) electrons. The number of hydrogen-bond acceptors (Lipinski definition) is 2. The molecule has 1 aromatic rings. The third kappa shape index (κ3) is 3.65. The standard InChI is InChI=1S/C13H20BO2/c1-12(2,15)13(3,4)16-14-10-11-8-6-5-7-9-11/h5-9,15H,10H2,1-4H3. The van der Waals surface area contributed by atoms with Crippen molar-refractivity contribution in [2.75, 3.05) is 0 Å². The molecule has 0 aliphatic carbocycles. The molecule has 0 fully saturated rings. The van der Waals surface area contributed by atoms with Gasteiger partial charge in [-0.05, 0) is 34.0 Å². The van der Waals surface area contributed by atoms with Crippen molar-refractivity contribution < 1.29 is 9.76 Å². The Bertz CT molecular complexity index is 314. The highest BCUT2D eigenvalue weighted by atomic mass is 16.5. The molecule has 16 heavy (non-hydrogen) atoms. The van der Waals surface area contributed by atoms with Gasteiger partial charge in [0.1, 0.15) is 0 Å². The predicted molar refractivity (Wildman–Crippen MR) is 67.4 cm³/mol. The molecule has 0 bridgehead atoms. The monoisotopic (exact) mass is 219 g/mol. The van der Waals surface area contributed by atoms with Crippen molar-refractivity contribution in [3.63, 3.8) is 0 Å². The molecule has 87 valence electrons. The van der Waals surface area contributed by atoms with Crippen molar-refractivity contribution in [1.29, 1.82) is 0 Å². The van der Waals surface area contributed by atoms with Gasteiger partial charge in [-0.25, -0.2) is 0 Å². The minimum Gasteiger partial charge on any atom is -0.433 e. The first-order chi connectivity index (χ1) is 7.33. The Morgan fingerprint density at radius 3 is 2.19 bits per heavy atom. The number of benzene rings is 1. The second-order valence-electron chi connectivity index (χ2n) is 5.04. The Labute approximate surface area is 98.9 Å². The van der Waals surface area contributed by atoms with E-state index in [-0.39, 0.29) is 0 Å². The first-order valence-electron chi connectivity index (χ1n) is 5.59. The lowest BCUT2D eigenvalue weighted by atomic mass is 9.83. The van der Waals surface area contributed by atoms with Gasteiger partial charge in [0.25, 0.3) is 7.48 Å². The van der Waals surface area contributed by atoms with Gasteiger partial charge in [0.2, 0.25) is 0 Å². The minimum absolute atomic E-state index is 0.582. The van der Waals surface area contributed by atoms with Crippen molar-refractivity contribution in [3.8, 4) is 0 Å². The van der Waals surface area contributed by atoms with Gasteiger partial charge in [-0.15, -0.1) is 0 Å². The number of rotatable bonds is 5. The van der Waals surface area contributed by atoms with Crippen LogP contribution in [0.2, 0.25) is 0 Å². The van der Waals surface area contributed by atoms with Crippen LogP contribution in [0, 0.1) is 0 Å². The molecule has 0 aliphatic rings. The largest absolute Gasteiger partial charge is 0.433 e. The molecule has 2 nitrogen and oxygen atoms in total. The van der Waals surface area contributed by atoms with Gasteiger partial charge in [0.05, 0.1) is 11.2 Å². The Morgan fingerprint density at radius 2 is 1.69 bits per heavy atom. The molecule has 1 N–H and O–H groups in total. The van der Waals surface area contributed by atoms with Gasteiger partial charge >= 0.3 is 0 Å². The second-order valence-corrected chi connectivity index (χ2v) is 5.04. The second kappa shape index (κ2) is 5.02. The summed E-state index contributed by atoms with van der Waals surface area (Å²) in [6.07, 6.45) is 0.750. The fourth-order valence-electron chi connectivity index (χ4n) is 1.10. The summed E-state index contributed by atoms with van der Waals surface area (Å²) in [6, 6.07) is 10.1. The van der Waals surface area contributed by atoms with E-state index in [0.717, 1.165) is 6.32 Å². The lowest BCUT2D eigenvalue weighted by Crippen LogP contribution is -2.48. The first kappa shape index (κ1) is 13.3. The van der Waals surface area contributed by atoms with E-state index in [1.807, 2.05) is 32.0 Å². The van der Waals surface area contributed by atoms with Crippen molar-refractivity contribution >= 4 is 7.48 Å². The molecular weight excluding hydrogens is 199 g/mol. The van der Waals surface area contributed by atoms with Crippen LogP contribution in [-0.2, 0) is 11.0 Å². The number of hydrogen-bond donors (Lipinski definition) is 1. The highest BCUT2D eigenvalue weighted by Crippen LogP contribution is 2.24. The van der Waals surface area contributed by atoms with E-state index in [1.165, 1.54) is 5.56 Å². The van der Waals surface area contributed by atoms with E-state index in [9.17, 15) is 5.11 Å². The van der Waals surface area contributed by atoms with E-state index >= 15 is 0 Å². The SMILES string of the molecule is CC(C)(O)C(C)(C)O[B]Cc1ccccc1. The third-order valence-electron chi connectivity index (χ3n) is 3.01. The van der Waals surface area contributed by atoms with Crippen LogP contribution in [0.5, 0.6) is 0 Å². The summed E-state index contributed by atoms with van der Waals surface area (Å²) < 4.78 is 5.62. The van der Waals surface area contributed by atoms with Crippen molar-refractivity contribution in [1.82, 2.24) is 0 Å². The summed E-state index contributed by atoms with van der Waals surface area (Å²) in [4.78, 5) is 0. The lowest BCUT2D eigenvalue weighted by Gasteiger charge is -2.37. The lowest BCUT2D eigenvalue weighted by molar-refractivity contribution is -0.0904. The van der Waals surface area contributed by atoms with Crippen LogP contribution in [0.1, 0.15) is 33.3 Å². The summed E-state index contributed by atoms with van der Waals surface area (Å²) in [7, 11) is 1.76. The summed E-state index contributed by atoms with van der Waals surface area (Å²) in [5, 5.41) is 9.90. The van der Waals surface area contributed by atoms with Crippen LogP contribution >= 0.6 is 0 Å². The van der Waals surface area contributed by atoms with Crippen molar-refractivity contribution in [2.45, 2.75) is 45.2 Å². The first-order valence-corrected chi connectivity index (χ1v) is 5.59. The predicted octanol–water partition coefficient (Wildman–Crippen LogP) is 2.37. The topological polar surface area (TPSA) is 29.5 Å². The van der Waals surface area contributed by atoms with Crippen LogP contribution in [0.4, 0.5) is 0 Å². The molecule has 0 saturated carbocycles. The molecular formula is C13H20BO2. The van der Waals surface area contributed by atoms with Gasteiger partial charge in [0, 0.05) is 0 Å². The average molecular weight is 219 g/mol. The van der Waals surface area contributed by atoms with E-state index in [4.69, 9.17) is 4.65 Å². The molecule has 0 aromatic heterocycles. The molecule has 1 aromatic carbocycles. The maximum atomic E-state index is 9.90. The van der Waals surface area contributed by atoms with Crippen LogP contribution < -0.4 is 0 Å². The molecule has 3 heteroatoms. The highest BCUT2D eigenvalue weighted by molar-refractivity contribution is 6.26. The smallest absolute Gasteiger partial charge is 0.297 e. The van der Waals surface area contributed by atoms with Crippen LogP contribution in [0.25, 0.3) is 0 Å². The van der Waals surface area contributed by atoms with Gasteiger partial charge in [-0.3, -0.25) is 0 Å². The van der Waals surface area contributed by atoms with Gasteiger partial charge in [-0.2, -0.15) is 0 Å². The molecule has 0 unspecified atom stereocenters. The molecule has 1 rings (SSSR count). The molecule has 0 amide bonds. The maximum absolute atomic E-state index is 9.90. The fraction of sp³-hybridized carbons (Fsp3) is 0.538. The van der Waals surface area contributed by atoms with E-state index < -0.39 is 11.2 Å². The van der Waals surface area contributed by atoms with E-state index in [1.54, 1.807) is 21.3 Å². The van der Waals surface area contributed by atoms with Gasteiger partial charge in [-0.1, -0.05) is 35.9 Å². The van der Waals surface area contributed by atoms with Gasteiger partial charge in [0.15, 0.2) is 0 Å². The summed E-state index contributed by atoms with van der Waals surface area (Å²) in [5.74, 6) is 0. The molecule has 0 saturated heterocycles. The van der Waals surface area contributed by atoms with Crippen LogP contribution in [0.3, 0.4) is 0 Å². The summed E-state index contributed by atoms with van der Waals surface area (Å²) in [6.45, 7) is 7.27. The third-order valence-corrected chi connectivity index (χ3v) is 3.01. The zero-order valence-electron chi connectivity index (χ0n) is 10.5. The Balaban J connectivity index is 2.42. The minimum atomic E-state index is -0.861. The van der Waals surface area contributed by atoms with Gasteiger partial charge < -0.3 is 9.76 Å². The molecule has 0 aliphatic heterocycles. The normalized spacial score (nSPS) is 12.6. The maximum Gasteiger partial charge on any atom is 0.297 e. The quantitative estimate of drug-likeness (QED) is 0.770.